The van der Waals surface area contributed by atoms with Gasteiger partial charge in [0.25, 0.3) is 11.8 Å². The quantitative estimate of drug-likeness (QED) is 0.723. The Morgan fingerprint density at radius 3 is 2.66 bits per heavy atom. The zero-order valence-corrected chi connectivity index (χ0v) is 15.8. The van der Waals surface area contributed by atoms with Crippen LogP contribution in [0.4, 0.5) is 5.69 Å². The lowest BCUT2D eigenvalue weighted by Crippen LogP contribution is -2.40. The average molecular weight is 394 g/mol. The maximum Gasteiger partial charge on any atom is 0.308 e. The Morgan fingerprint density at radius 2 is 1.86 bits per heavy atom. The summed E-state index contributed by atoms with van der Waals surface area (Å²) < 4.78 is 5.69. The first-order chi connectivity index (χ1) is 14.0. The molecule has 1 unspecified atom stereocenters. The molecule has 7 heteroatoms. The summed E-state index contributed by atoms with van der Waals surface area (Å²) in [7, 11) is 0. The first kappa shape index (κ1) is 19.0. The number of aliphatic carboxylic acids is 1. The Morgan fingerprint density at radius 1 is 1.03 bits per heavy atom. The third-order valence-electron chi connectivity index (χ3n) is 5.48. The number of carbonyl (C=O) groups is 3. The minimum absolute atomic E-state index is 0.277. The van der Waals surface area contributed by atoms with Crippen LogP contribution in [0.5, 0.6) is 5.75 Å². The van der Waals surface area contributed by atoms with Crippen LogP contribution in [0.25, 0.3) is 0 Å². The highest BCUT2D eigenvalue weighted by Gasteiger charge is 2.34. The maximum absolute atomic E-state index is 12.6. The predicted molar refractivity (Wildman–Crippen MR) is 106 cm³/mol. The summed E-state index contributed by atoms with van der Waals surface area (Å²) >= 11 is 0. The SMILES string of the molecule is O=C(N[C@H]1CCC[C@H]1C(=O)O)c1cccc(NC(=O)C2Cc3ccccc3O2)c1. The van der Waals surface area contributed by atoms with Crippen LogP contribution in [0.15, 0.2) is 48.5 Å². The molecule has 1 aliphatic carbocycles. The number of benzene rings is 2. The molecule has 2 amide bonds. The Labute approximate surface area is 168 Å². The molecule has 0 aromatic heterocycles. The molecule has 1 saturated carbocycles. The van der Waals surface area contributed by atoms with E-state index in [1.54, 1.807) is 24.3 Å². The number of carboxylic acid groups (broad SMARTS) is 1. The molecule has 29 heavy (non-hydrogen) atoms. The van der Waals surface area contributed by atoms with Crippen LogP contribution in [0.2, 0.25) is 0 Å². The van der Waals surface area contributed by atoms with Crippen LogP contribution in [-0.2, 0) is 16.0 Å². The van der Waals surface area contributed by atoms with Crippen molar-refractivity contribution in [2.75, 3.05) is 5.32 Å². The summed E-state index contributed by atoms with van der Waals surface area (Å²) in [5.74, 6) is -1.34. The number of nitrogens with one attached hydrogen (secondary N) is 2. The molecule has 0 spiro atoms. The third kappa shape index (κ3) is 4.08. The van der Waals surface area contributed by atoms with E-state index in [1.165, 1.54) is 0 Å². The molecule has 150 valence electrons. The smallest absolute Gasteiger partial charge is 0.308 e. The number of rotatable bonds is 5. The molecule has 3 N–H and O–H groups in total. The minimum Gasteiger partial charge on any atom is -0.481 e. The zero-order chi connectivity index (χ0) is 20.4. The molecule has 2 aliphatic rings. The fourth-order valence-electron chi connectivity index (χ4n) is 3.97. The fourth-order valence-corrected chi connectivity index (χ4v) is 3.97. The van der Waals surface area contributed by atoms with Crippen LogP contribution >= 0.6 is 0 Å². The zero-order valence-electron chi connectivity index (χ0n) is 15.8. The standard InChI is InChI=1S/C22H22N2O5/c25-20(24-17-9-4-8-16(17)22(27)28)14-6-3-7-15(11-14)23-21(26)19-12-13-5-1-2-10-18(13)29-19/h1-3,5-7,10-11,16-17,19H,4,8-9,12H2,(H,23,26)(H,24,25)(H,27,28)/t16-,17+,19?/m1/s1. The fraction of sp³-hybridized carbons (Fsp3) is 0.318. The van der Waals surface area contributed by atoms with Crippen LogP contribution in [0.1, 0.15) is 35.2 Å². The molecular formula is C22H22N2O5. The summed E-state index contributed by atoms with van der Waals surface area (Å²) in [4.78, 5) is 36.4. The second-order valence-corrected chi connectivity index (χ2v) is 7.44. The normalized spacial score (nSPS) is 22.4. The van der Waals surface area contributed by atoms with E-state index in [1.807, 2.05) is 24.3 Å². The number of fused-ring (bicyclic) bond motifs is 1. The molecule has 1 heterocycles. The van der Waals surface area contributed by atoms with Crippen molar-refractivity contribution < 1.29 is 24.2 Å². The van der Waals surface area contributed by atoms with Crippen LogP contribution in [-0.4, -0.2) is 35.0 Å². The monoisotopic (exact) mass is 394 g/mol. The predicted octanol–water partition coefficient (Wildman–Crippen LogP) is 2.61. The first-order valence-electron chi connectivity index (χ1n) is 9.70. The Balaban J connectivity index is 1.39. The molecule has 3 atom stereocenters. The highest BCUT2D eigenvalue weighted by molar-refractivity contribution is 5.99. The van der Waals surface area contributed by atoms with Gasteiger partial charge in [-0.05, 0) is 42.7 Å². The lowest BCUT2D eigenvalue weighted by molar-refractivity contribution is -0.142. The van der Waals surface area contributed by atoms with Gasteiger partial charge in [-0.2, -0.15) is 0 Å². The second kappa shape index (κ2) is 7.95. The Kier molecular flexibility index (Phi) is 5.20. The topological polar surface area (TPSA) is 105 Å². The van der Waals surface area contributed by atoms with Gasteiger partial charge in [0.2, 0.25) is 0 Å². The van der Waals surface area contributed by atoms with Crippen LogP contribution in [0, 0.1) is 5.92 Å². The number of anilines is 1. The van der Waals surface area contributed by atoms with Crippen molar-refractivity contribution in [3.8, 4) is 5.75 Å². The van der Waals surface area contributed by atoms with Gasteiger partial charge in [-0.1, -0.05) is 30.7 Å². The molecular weight excluding hydrogens is 372 g/mol. The summed E-state index contributed by atoms with van der Waals surface area (Å²) in [6.07, 6.45) is 1.89. The van der Waals surface area contributed by atoms with Crippen molar-refractivity contribution in [2.45, 2.75) is 37.8 Å². The molecule has 7 nitrogen and oxygen atoms in total. The van der Waals surface area contributed by atoms with E-state index in [-0.39, 0.29) is 17.9 Å². The number of hydrogen-bond acceptors (Lipinski definition) is 4. The second-order valence-electron chi connectivity index (χ2n) is 7.44. The molecule has 2 aromatic rings. The lowest BCUT2D eigenvalue weighted by atomic mass is 10.0. The average Bonchev–Trinajstić information content (AvgIpc) is 3.35. The largest absolute Gasteiger partial charge is 0.481 e. The van der Waals surface area contributed by atoms with E-state index in [2.05, 4.69) is 10.6 Å². The van der Waals surface area contributed by atoms with Crippen molar-refractivity contribution >= 4 is 23.5 Å². The maximum atomic E-state index is 12.6. The van der Waals surface area contributed by atoms with E-state index < -0.39 is 18.0 Å². The molecule has 2 aromatic carbocycles. The number of carbonyl (C=O) groups excluding carboxylic acids is 2. The van der Waals surface area contributed by atoms with Gasteiger partial charge in [-0.15, -0.1) is 0 Å². The number of hydrogen-bond donors (Lipinski definition) is 3. The van der Waals surface area contributed by atoms with Crippen molar-refractivity contribution in [3.63, 3.8) is 0 Å². The van der Waals surface area contributed by atoms with E-state index in [4.69, 9.17) is 4.74 Å². The number of ether oxygens (including phenoxy) is 1. The number of amides is 2. The van der Waals surface area contributed by atoms with Crippen molar-refractivity contribution in [2.24, 2.45) is 5.92 Å². The third-order valence-corrected chi connectivity index (χ3v) is 5.48. The van der Waals surface area contributed by atoms with E-state index in [9.17, 15) is 19.5 Å². The molecule has 4 rings (SSSR count). The summed E-state index contributed by atoms with van der Waals surface area (Å²) in [6, 6.07) is 13.8. The molecule has 0 radical (unpaired) electrons. The Hall–Kier alpha value is -3.35. The van der Waals surface area contributed by atoms with E-state index in [0.29, 0.717) is 36.3 Å². The van der Waals surface area contributed by atoms with Gasteiger partial charge in [0, 0.05) is 23.7 Å². The van der Waals surface area contributed by atoms with E-state index >= 15 is 0 Å². The van der Waals surface area contributed by atoms with Gasteiger partial charge in [-0.25, -0.2) is 0 Å². The summed E-state index contributed by atoms with van der Waals surface area (Å²) in [6.45, 7) is 0. The highest BCUT2D eigenvalue weighted by atomic mass is 16.5. The molecule has 0 saturated heterocycles. The highest BCUT2D eigenvalue weighted by Crippen LogP contribution is 2.29. The van der Waals surface area contributed by atoms with Gasteiger partial charge in [0.1, 0.15) is 5.75 Å². The summed E-state index contributed by atoms with van der Waals surface area (Å²) in [5, 5.41) is 14.9. The molecule has 0 bridgehead atoms. The van der Waals surface area contributed by atoms with Crippen molar-refractivity contribution in [1.82, 2.24) is 5.32 Å². The van der Waals surface area contributed by atoms with Gasteiger partial charge in [0.15, 0.2) is 6.10 Å². The van der Waals surface area contributed by atoms with Crippen LogP contribution < -0.4 is 15.4 Å². The van der Waals surface area contributed by atoms with Gasteiger partial charge < -0.3 is 20.5 Å². The van der Waals surface area contributed by atoms with Gasteiger partial charge in [-0.3, -0.25) is 14.4 Å². The van der Waals surface area contributed by atoms with Crippen LogP contribution in [0.3, 0.4) is 0 Å². The number of para-hydroxylation sites is 1. The van der Waals surface area contributed by atoms with Gasteiger partial charge >= 0.3 is 5.97 Å². The molecule has 1 fully saturated rings. The lowest BCUT2D eigenvalue weighted by Gasteiger charge is -2.18. The Bertz CT molecular complexity index is 933. The van der Waals surface area contributed by atoms with Crippen molar-refractivity contribution in [1.29, 1.82) is 0 Å². The summed E-state index contributed by atoms with van der Waals surface area (Å²) in [5.41, 5.74) is 1.85. The van der Waals surface area contributed by atoms with E-state index in [0.717, 1.165) is 12.0 Å². The van der Waals surface area contributed by atoms with Crippen molar-refractivity contribution in [3.05, 3.63) is 59.7 Å². The number of carboxylic acids is 1. The van der Waals surface area contributed by atoms with Gasteiger partial charge in [0.05, 0.1) is 5.92 Å². The minimum atomic E-state index is -0.883. The first-order valence-corrected chi connectivity index (χ1v) is 9.70. The molecule has 1 aliphatic heterocycles.